The summed E-state index contributed by atoms with van der Waals surface area (Å²) < 4.78 is 18.3. The van der Waals surface area contributed by atoms with E-state index in [1.807, 2.05) is 18.2 Å². The lowest BCUT2D eigenvalue weighted by Crippen LogP contribution is -2.10. The van der Waals surface area contributed by atoms with Gasteiger partial charge in [0.05, 0.1) is 26.8 Å². The minimum Gasteiger partial charge on any atom is -0.504 e. The van der Waals surface area contributed by atoms with Crippen LogP contribution >= 0.6 is 0 Å². The van der Waals surface area contributed by atoms with Gasteiger partial charge in [0.1, 0.15) is 0 Å². The van der Waals surface area contributed by atoms with E-state index in [1.165, 1.54) is 5.56 Å². The predicted molar refractivity (Wildman–Crippen MR) is 92.4 cm³/mol. The van der Waals surface area contributed by atoms with Crippen molar-refractivity contribution >= 4 is 10.9 Å². The molecule has 3 aromatic rings. The molecule has 2 heterocycles. The third-order valence-electron chi connectivity index (χ3n) is 4.69. The summed E-state index contributed by atoms with van der Waals surface area (Å²) in [7, 11) is 4.85. The molecule has 124 valence electrons. The third-order valence-corrected chi connectivity index (χ3v) is 4.69. The monoisotopic (exact) mass is 325 g/mol. The summed E-state index contributed by atoms with van der Waals surface area (Å²) in [5.74, 6) is 2.10. The number of benzene rings is 2. The maximum absolute atomic E-state index is 10.2. The minimum atomic E-state index is 0.158. The van der Waals surface area contributed by atoms with Crippen LogP contribution in [0.15, 0.2) is 30.3 Å². The average Bonchev–Trinajstić information content (AvgIpc) is 2.97. The molecule has 5 heteroatoms. The van der Waals surface area contributed by atoms with Gasteiger partial charge in [-0.25, -0.2) is 0 Å². The Bertz CT molecular complexity index is 942. The number of methoxy groups -OCH3 is 3. The van der Waals surface area contributed by atoms with Crippen LogP contribution < -0.4 is 14.2 Å². The fraction of sp³-hybridized carbons (Fsp3) is 0.263. The lowest BCUT2D eigenvalue weighted by Gasteiger charge is -2.21. The molecule has 5 nitrogen and oxygen atoms in total. The summed E-state index contributed by atoms with van der Waals surface area (Å²) in [5, 5.41) is 11.2. The normalized spacial score (nSPS) is 12.6. The van der Waals surface area contributed by atoms with E-state index in [-0.39, 0.29) is 5.75 Å². The van der Waals surface area contributed by atoms with Gasteiger partial charge < -0.3 is 23.9 Å². The molecule has 4 rings (SSSR count). The zero-order valence-corrected chi connectivity index (χ0v) is 13.9. The van der Waals surface area contributed by atoms with E-state index in [4.69, 9.17) is 14.2 Å². The summed E-state index contributed by atoms with van der Waals surface area (Å²) in [6.45, 7) is 0.870. The van der Waals surface area contributed by atoms with Gasteiger partial charge in [0.15, 0.2) is 23.0 Å². The quantitative estimate of drug-likeness (QED) is 0.799. The van der Waals surface area contributed by atoms with Gasteiger partial charge in [-0.1, -0.05) is 0 Å². The molecule has 0 atom stereocenters. The molecule has 0 saturated heterocycles. The number of aromatic nitrogens is 1. The van der Waals surface area contributed by atoms with Gasteiger partial charge in [0.25, 0.3) is 0 Å². The van der Waals surface area contributed by atoms with Crippen LogP contribution in [0.4, 0.5) is 0 Å². The van der Waals surface area contributed by atoms with Crippen molar-refractivity contribution in [1.82, 2.24) is 4.57 Å². The Balaban J connectivity index is 1.96. The van der Waals surface area contributed by atoms with Gasteiger partial charge >= 0.3 is 0 Å². The van der Waals surface area contributed by atoms with E-state index in [9.17, 15) is 5.11 Å². The highest BCUT2D eigenvalue weighted by atomic mass is 16.5. The Morgan fingerprint density at radius 2 is 1.58 bits per heavy atom. The highest BCUT2D eigenvalue weighted by molar-refractivity contribution is 5.91. The number of fused-ring (bicyclic) bond motifs is 5. The number of phenolic OH excluding ortho intramolecular Hbond substituents is 1. The van der Waals surface area contributed by atoms with Crippen LogP contribution in [-0.4, -0.2) is 31.0 Å². The van der Waals surface area contributed by atoms with Crippen LogP contribution in [0.5, 0.6) is 23.0 Å². The van der Waals surface area contributed by atoms with Crippen LogP contribution in [0.2, 0.25) is 0 Å². The Hall–Kier alpha value is -2.82. The van der Waals surface area contributed by atoms with Crippen molar-refractivity contribution in [2.75, 3.05) is 21.3 Å². The van der Waals surface area contributed by atoms with E-state index < -0.39 is 0 Å². The van der Waals surface area contributed by atoms with E-state index in [0.29, 0.717) is 17.2 Å². The van der Waals surface area contributed by atoms with Crippen molar-refractivity contribution in [2.45, 2.75) is 13.0 Å². The number of ether oxygens (including phenoxy) is 3. The first-order chi connectivity index (χ1) is 11.7. The van der Waals surface area contributed by atoms with Crippen molar-refractivity contribution in [3.05, 3.63) is 35.9 Å². The van der Waals surface area contributed by atoms with Gasteiger partial charge in [-0.3, -0.25) is 0 Å². The lowest BCUT2D eigenvalue weighted by atomic mass is 9.97. The molecule has 2 aromatic carbocycles. The Labute approximate surface area is 140 Å². The summed E-state index contributed by atoms with van der Waals surface area (Å²) >= 11 is 0. The Morgan fingerprint density at radius 3 is 2.29 bits per heavy atom. The third kappa shape index (κ3) is 2.01. The predicted octanol–water partition coefficient (Wildman–Crippen LogP) is 3.60. The molecular weight excluding hydrogens is 306 g/mol. The molecule has 0 fully saturated rings. The standard InChI is InChI=1S/C19H19NO4/c1-22-17-7-11-4-5-20-14-10-19(24-3)18(23-2)8-12(14)6-15(20)13(11)9-16(17)21/h6-10,21H,4-5H2,1-3H3. The zero-order chi connectivity index (χ0) is 16.8. The molecular formula is C19H19NO4. The van der Waals surface area contributed by atoms with E-state index in [1.54, 1.807) is 27.4 Å². The minimum absolute atomic E-state index is 0.158. The smallest absolute Gasteiger partial charge is 0.162 e. The van der Waals surface area contributed by atoms with Gasteiger partial charge in [-0.15, -0.1) is 0 Å². The number of hydrogen-bond donors (Lipinski definition) is 1. The summed E-state index contributed by atoms with van der Waals surface area (Å²) in [5.41, 5.74) is 4.40. The van der Waals surface area contributed by atoms with Gasteiger partial charge in [-0.05, 0) is 36.2 Å². The van der Waals surface area contributed by atoms with Crippen molar-refractivity contribution in [1.29, 1.82) is 0 Å². The fourth-order valence-electron chi connectivity index (χ4n) is 3.50. The molecule has 0 spiro atoms. The maximum Gasteiger partial charge on any atom is 0.162 e. The van der Waals surface area contributed by atoms with Crippen LogP contribution in [0.1, 0.15) is 5.56 Å². The first-order valence-corrected chi connectivity index (χ1v) is 7.81. The van der Waals surface area contributed by atoms with E-state index in [0.717, 1.165) is 35.1 Å². The largest absolute Gasteiger partial charge is 0.504 e. The number of aryl methyl sites for hydroxylation is 2. The summed E-state index contributed by atoms with van der Waals surface area (Å²) in [4.78, 5) is 0. The zero-order valence-electron chi connectivity index (χ0n) is 13.9. The van der Waals surface area contributed by atoms with Gasteiger partial charge in [0, 0.05) is 29.3 Å². The van der Waals surface area contributed by atoms with Crippen molar-refractivity contribution in [3.63, 3.8) is 0 Å². The van der Waals surface area contributed by atoms with Crippen LogP contribution in [0.3, 0.4) is 0 Å². The molecule has 1 N–H and O–H groups in total. The first-order valence-electron chi connectivity index (χ1n) is 7.81. The molecule has 0 amide bonds. The topological polar surface area (TPSA) is 52.9 Å². The second-order valence-corrected chi connectivity index (χ2v) is 5.88. The second-order valence-electron chi connectivity index (χ2n) is 5.88. The number of nitrogens with zero attached hydrogens (tertiary/aromatic N) is 1. The molecule has 1 aromatic heterocycles. The molecule has 0 bridgehead atoms. The molecule has 1 aliphatic rings. The van der Waals surface area contributed by atoms with Crippen molar-refractivity contribution in [2.24, 2.45) is 0 Å². The van der Waals surface area contributed by atoms with Crippen molar-refractivity contribution < 1.29 is 19.3 Å². The Kier molecular flexibility index (Phi) is 3.30. The van der Waals surface area contributed by atoms with Crippen molar-refractivity contribution in [3.8, 4) is 34.3 Å². The fourth-order valence-corrected chi connectivity index (χ4v) is 3.50. The summed E-state index contributed by atoms with van der Waals surface area (Å²) in [6.07, 6.45) is 0.886. The highest BCUT2D eigenvalue weighted by Crippen LogP contribution is 2.42. The molecule has 0 unspecified atom stereocenters. The number of rotatable bonds is 3. The number of aromatic hydroxyl groups is 1. The van der Waals surface area contributed by atoms with Gasteiger partial charge in [0.2, 0.25) is 0 Å². The van der Waals surface area contributed by atoms with Crippen LogP contribution in [0.25, 0.3) is 22.2 Å². The van der Waals surface area contributed by atoms with Crippen LogP contribution in [-0.2, 0) is 13.0 Å². The second kappa shape index (κ2) is 5.37. The lowest BCUT2D eigenvalue weighted by molar-refractivity contribution is 0.355. The number of hydrogen-bond acceptors (Lipinski definition) is 4. The van der Waals surface area contributed by atoms with E-state index in [2.05, 4.69) is 10.6 Å². The Morgan fingerprint density at radius 1 is 0.875 bits per heavy atom. The average molecular weight is 325 g/mol. The molecule has 1 aliphatic heterocycles. The molecule has 24 heavy (non-hydrogen) atoms. The highest BCUT2D eigenvalue weighted by Gasteiger charge is 2.22. The first kappa shape index (κ1) is 14.8. The van der Waals surface area contributed by atoms with E-state index >= 15 is 0 Å². The van der Waals surface area contributed by atoms with Gasteiger partial charge in [-0.2, -0.15) is 0 Å². The molecule has 0 aliphatic carbocycles. The maximum atomic E-state index is 10.2. The number of phenols is 1. The van der Waals surface area contributed by atoms with Crippen LogP contribution in [0, 0.1) is 0 Å². The molecule has 0 saturated carbocycles. The SMILES string of the molecule is COc1cc2c(cc1O)-c1cc3cc(OC)c(OC)cc3n1CC2. The molecule has 0 radical (unpaired) electrons. The summed E-state index contributed by atoms with van der Waals surface area (Å²) in [6, 6.07) is 9.83.